The predicted octanol–water partition coefficient (Wildman–Crippen LogP) is 4.35. The molecule has 3 heterocycles. The SMILES string of the molecule is O=C1CC(c2ccsc2)(c2cscn2)NC(=O)[C@@H]1Sc1ccccc1Cl. The van der Waals surface area contributed by atoms with Gasteiger partial charge in [0.2, 0.25) is 5.91 Å². The Balaban J connectivity index is 1.68. The van der Waals surface area contributed by atoms with E-state index in [-0.39, 0.29) is 18.1 Å². The van der Waals surface area contributed by atoms with E-state index in [2.05, 4.69) is 10.3 Å². The molecule has 0 spiro atoms. The summed E-state index contributed by atoms with van der Waals surface area (Å²) in [6, 6.07) is 9.15. The molecule has 1 N–H and O–H groups in total. The highest BCUT2D eigenvalue weighted by Gasteiger charge is 2.48. The maximum atomic E-state index is 13.0. The molecule has 0 radical (unpaired) electrons. The molecule has 1 unspecified atom stereocenters. The number of carbonyl (C=O) groups is 2. The second kappa shape index (κ2) is 7.15. The number of rotatable bonds is 4. The molecule has 0 bridgehead atoms. The number of aromatic nitrogens is 1. The van der Waals surface area contributed by atoms with Crippen molar-refractivity contribution in [1.82, 2.24) is 10.3 Å². The number of carbonyl (C=O) groups excluding carboxylic acids is 2. The summed E-state index contributed by atoms with van der Waals surface area (Å²) in [7, 11) is 0. The Morgan fingerprint density at radius 1 is 1.19 bits per heavy atom. The van der Waals surface area contributed by atoms with Gasteiger partial charge in [0.1, 0.15) is 10.8 Å². The zero-order valence-corrected chi connectivity index (χ0v) is 16.6. The highest BCUT2D eigenvalue weighted by Crippen LogP contribution is 2.41. The van der Waals surface area contributed by atoms with Gasteiger partial charge in [-0.25, -0.2) is 4.98 Å². The molecule has 1 fully saturated rings. The lowest BCUT2D eigenvalue weighted by atomic mass is 9.80. The normalized spacial score (nSPS) is 23.0. The molecular formula is C18H13ClN2O2S3. The Morgan fingerprint density at radius 2 is 2.04 bits per heavy atom. The van der Waals surface area contributed by atoms with Gasteiger partial charge in [-0.15, -0.1) is 23.1 Å². The van der Waals surface area contributed by atoms with Crippen LogP contribution in [0.4, 0.5) is 0 Å². The van der Waals surface area contributed by atoms with Gasteiger partial charge in [0.05, 0.1) is 16.2 Å². The first-order valence-corrected chi connectivity index (χ1v) is 10.9. The van der Waals surface area contributed by atoms with Gasteiger partial charge in [0.15, 0.2) is 5.78 Å². The highest BCUT2D eigenvalue weighted by atomic mass is 35.5. The van der Waals surface area contributed by atoms with Crippen molar-refractivity contribution in [2.45, 2.75) is 22.1 Å². The monoisotopic (exact) mass is 420 g/mol. The summed E-state index contributed by atoms with van der Waals surface area (Å²) in [5.41, 5.74) is 2.40. The predicted molar refractivity (Wildman–Crippen MR) is 106 cm³/mol. The van der Waals surface area contributed by atoms with Crippen molar-refractivity contribution in [3.05, 3.63) is 68.3 Å². The molecule has 4 nitrogen and oxygen atoms in total. The van der Waals surface area contributed by atoms with Crippen LogP contribution < -0.4 is 5.32 Å². The molecule has 2 aromatic heterocycles. The van der Waals surface area contributed by atoms with Crippen molar-refractivity contribution in [1.29, 1.82) is 0 Å². The summed E-state index contributed by atoms with van der Waals surface area (Å²) in [6.45, 7) is 0. The summed E-state index contributed by atoms with van der Waals surface area (Å²) >= 11 is 10.4. The molecule has 1 aliphatic heterocycles. The lowest BCUT2D eigenvalue weighted by molar-refractivity contribution is -0.133. The lowest BCUT2D eigenvalue weighted by Crippen LogP contribution is -2.58. The van der Waals surface area contributed by atoms with Gasteiger partial charge < -0.3 is 5.32 Å². The number of thiazole rings is 1. The first-order valence-electron chi connectivity index (χ1n) is 7.77. The van der Waals surface area contributed by atoms with E-state index in [0.29, 0.717) is 10.7 Å². The van der Waals surface area contributed by atoms with Crippen LogP contribution in [0.25, 0.3) is 0 Å². The van der Waals surface area contributed by atoms with Gasteiger partial charge in [0.25, 0.3) is 0 Å². The number of nitrogens with one attached hydrogen (secondary N) is 1. The first-order chi connectivity index (χ1) is 12.6. The molecule has 1 aliphatic rings. The number of thioether (sulfide) groups is 1. The number of nitrogens with zero attached hydrogens (tertiary/aromatic N) is 1. The van der Waals surface area contributed by atoms with Crippen molar-refractivity contribution in [3.63, 3.8) is 0 Å². The van der Waals surface area contributed by atoms with Crippen LogP contribution in [0, 0.1) is 0 Å². The second-order valence-electron chi connectivity index (χ2n) is 5.85. The largest absolute Gasteiger partial charge is 0.339 e. The van der Waals surface area contributed by atoms with E-state index < -0.39 is 10.8 Å². The molecule has 1 amide bonds. The zero-order chi connectivity index (χ0) is 18.1. The Labute approximate surface area is 167 Å². The molecule has 3 aromatic rings. The van der Waals surface area contributed by atoms with E-state index in [1.54, 1.807) is 11.6 Å². The van der Waals surface area contributed by atoms with Crippen LogP contribution in [-0.2, 0) is 15.1 Å². The van der Waals surface area contributed by atoms with E-state index in [9.17, 15) is 9.59 Å². The molecular weight excluding hydrogens is 408 g/mol. The van der Waals surface area contributed by atoms with E-state index in [4.69, 9.17) is 11.6 Å². The van der Waals surface area contributed by atoms with Crippen molar-refractivity contribution in [3.8, 4) is 0 Å². The smallest absolute Gasteiger partial charge is 0.242 e. The minimum atomic E-state index is -0.897. The fraction of sp³-hybridized carbons (Fsp3) is 0.167. The summed E-state index contributed by atoms with van der Waals surface area (Å²) in [5.74, 6) is -0.441. The van der Waals surface area contributed by atoms with E-state index >= 15 is 0 Å². The van der Waals surface area contributed by atoms with Crippen LogP contribution in [-0.4, -0.2) is 21.9 Å². The standard InChI is InChI=1S/C18H13ClN2O2S3/c19-12-3-1-2-4-14(12)26-16-13(22)7-18(21-17(16)23,11-5-6-24-8-11)15-9-25-10-20-15/h1-6,8-10,16H,7H2,(H,21,23)/t16-,18?/m1/s1. The first kappa shape index (κ1) is 17.7. The van der Waals surface area contributed by atoms with Crippen molar-refractivity contribution in [2.24, 2.45) is 0 Å². The third-order valence-corrected chi connectivity index (χ3v) is 7.31. The Bertz CT molecular complexity index is 887. The van der Waals surface area contributed by atoms with Crippen LogP contribution in [0.1, 0.15) is 17.7 Å². The van der Waals surface area contributed by atoms with Gasteiger partial charge in [-0.3, -0.25) is 9.59 Å². The molecule has 1 aromatic carbocycles. The number of Topliss-reactive ketones (excluding diaryl/α,β-unsaturated/α-hetero) is 1. The van der Waals surface area contributed by atoms with Crippen molar-refractivity contribution < 1.29 is 9.59 Å². The summed E-state index contributed by atoms with van der Waals surface area (Å²) < 4.78 is 0. The van der Waals surface area contributed by atoms with Crippen LogP contribution in [0.15, 0.2) is 56.9 Å². The third kappa shape index (κ3) is 3.09. The number of benzene rings is 1. The maximum absolute atomic E-state index is 13.0. The zero-order valence-electron chi connectivity index (χ0n) is 13.3. The summed E-state index contributed by atoms with van der Waals surface area (Å²) in [5, 5.41) is 8.57. The lowest BCUT2D eigenvalue weighted by Gasteiger charge is -2.38. The topological polar surface area (TPSA) is 59.1 Å². The molecule has 8 heteroatoms. The fourth-order valence-electron chi connectivity index (χ4n) is 3.01. The highest BCUT2D eigenvalue weighted by molar-refractivity contribution is 8.01. The minimum absolute atomic E-state index is 0.127. The van der Waals surface area contributed by atoms with Gasteiger partial charge >= 0.3 is 0 Å². The number of thiophene rings is 1. The Morgan fingerprint density at radius 3 is 2.69 bits per heavy atom. The summed E-state index contributed by atoms with van der Waals surface area (Å²) in [6.07, 6.45) is 0.168. The van der Waals surface area contributed by atoms with Crippen LogP contribution in [0.5, 0.6) is 0 Å². The molecule has 0 aliphatic carbocycles. The number of piperidine rings is 1. The van der Waals surface area contributed by atoms with Gasteiger partial charge in [-0.1, -0.05) is 23.7 Å². The van der Waals surface area contributed by atoms with Crippen LogP contribution >= 0.6 is 46.0 Å². The van der Waals surface area contributed by atoms with E-state index in [0.717, 1.165) is 10.5 Å². The average molecular weight is 421 g/mol. The van der Waals surface area contributed by atoms with Crippen molar-refractivity contribution in [2.75, 3.05) is 0 Å². The quantitative estimate of drug-likeness (QED) is 0.637. The second-order valence-corrected chi connectivity index (χ2v) is 8.90. The summed E-state index contributed by atoms with van der Waals surface area (Å²) in [4.78, 5) is 31.0. The average Bonchev–Trinajstić information content (AvgIpc) is 3.33. The molecule has 0 saturated carbocycles. The molecule has 26 heavy (non-hydrogen) atoms. The molecule has 1 saturated heterocycles. The number of hydrogen-bond acceptors (Lipinski definition) is 6. The number of halogens is 1. The van der Waals surface area contributed by atoms with Crippen molar-refractivity contribution >= 4 is 57.7 Å². The van der Waals surface area contributed by atoms with Gasteiger partial charge in [0, 0.05) is 16.7 Å². The van der Waals surface area contributed by atoms with Gasteiger partial charge in [-0.05, 0) is 34.5 Å². The minimum Gasteiger partial charge on any atom is -0.339 e. The Hall–Kier alpha value is -1.67. The fourth-order valence-corrected chi connectivity index (χ4v) is 5.61. The Kier molecular flexibility index (Phi) is 4.88. The third-order valence-electron chi connectivity index (χ3n) is 4.27. The molecule has 132 valence electrons. The van der Waals surface area contributed by atoms with E-state index in [1.807, 2.05) is 40.4 Å². The van der Waals surface area contributed by atoms with Gasteiger partial charge in [-0.2, -0.15) is 11.3 Å². The molecule has 2 atom stereocenters. The maximum Gasteiger partial charge on any atom is 0.242 e. The number of amides is 1. The van der Waals surface area contributed by atoms with Crippen LogP contribution in [0.3, 0.4) is 0 Å². The van der Waals surface area contributed by atoms with Crippen LogP contribution in [0.2, 0.25) is 5.02 Å². The number of hydrogen-bond donors (Lipinski definition) is 1. The van der Waals surface area contributed by atoms with E-state index in [1.165, 1.54) is 34.4 Å². The molecule has 4 rings (SSSR count). The number of ketones is 1.